The van der Waals surface area contributed by atoms with Crippen LogP contribution in [0.4, 0.5) is 0 Å². The highest BCUT2D eigenvalue weighted by Gasteiger charge is 2.40. The number of hydrogen-bond donors (Lipinski definition) is 0. The molecule has 0 N–H and O–H groups in total. The molecule has 1 saturated heterocycles. The van der Waals surface area contributed by atoms with Crippen molar-refractivity contribution in [1.29, 1.82) is 5.26 Å². The van der Waals surface area contributed by atoms with Crippen LogP contribution in [0.15, 0.2) is 0 Å². The first kappa shape index (κ1) is 7.83. The molecule has 0 saturated carbocycles. The second kappa shape index (κ2) is 2.11. The average molecular weight is 180 g/mol. The normalized spacial score (nSPS) is 37.2. The van der Waals surface area contributed by atoms with Crippen LogP contribution in [0.5, 0.6) is 0 Å². The van der Waals surface area contributed by atoms with Crippen molar-refractivity contribution in [3.63, 3.8) is 0 Å². The van der Waals surface area contributed by atoms with Crippen molar-refractivity contribution in [1.82, 2.24) is 0 Å². The molecule has 0 radical (unpaired) electrons. The molecule has 0 spiro atoms. The molecule has 0 aliphatic carbocycles. The maximum Gasteiger partial charge on any atom is 0.153 e. The predicted octanol–water partition coefficient (Wildman–Crippen LogP) is 0.306. The van der Waals surface area contributed by atoms with Gasteiger partial charge in [-0.3, -0.25) is 0 Å². The smallest absolute Gasteiger partial charge is 0.153 e. The first-order valence-electron chi connectivity index (χ1n) is 2.78. The van der Waals surface area contributed by atoms with Crippen LogP contribution in [-0.4, -0.2) is 24.8 Å². The molecule has 1 aliphatic heterocycles. The summed E-state index contributed by atoms with van der Waals surface area (Å²) in [6, 6.07) is 1.78. The Morgan fingerprint density at radius 1 is 1.60 bits per heavy atom. The minimum absolute atomic E-state index is 0.0457. The van der Waals surface area contributed by atoms with E-state index in [1.54, 1.807) is 6.07 Å². The lowest BCUT2D eigenvalue weighted by molar-refractivity contribution is 0.601. The predicted molar refractivity (Wildman–Crippen MR) is 37.5 cm³/mol. The van der Waals surface area contributed by atoms with Gasteiger partial charge in [-0.15, -0.1) is 11.6 Å². The van der Waals surface area contributed by atoms with Crippen LogP contribution in [0.2, 0.25) is 0 Å². The molecule has 1 aliphatic rings. The van der Waals surface area contributed by atoms with Gasteiger partial charge in [0, 0.05) is 0 Å². The van der Waals surface area contributed by atoms with Gasteiger partial charge in [0.2, 0.25) is 0 Å². The zero-order valence-electron chi connectivity index (χ0n) is 5.17. The van der Waals surface area contributed by atoms with Gasteiger partial charge in [0.25, 0.3) is 0 Å². The monoisotopic (exact) mass is 179 g/mol. The molecule has 5 heteroatoms. The average Bonchev–Trinajstić information content (AvgIpc) is 2.08. The molecule has 1 atom stereocenters. The number of halogens is 1. The molecule has 0 aromatic rings. The molecule has 0 bridgehead atoms. The van der Waals surface area contributed by atoms with Crippen molar-refractivity contribution in [2.75, 3.05) is 11.5 Å². The van der Waals surface area contributed by atoms with Crippen LogP contribution in [0.3, 0.4) is 0 Å². The third kappa shape index (κ3) is 1.41. The molecule has 3 nitrogen and oxygen atoms in total. The van der Waals surface area contributed by atoms with Gasteiger partial charge in [0.15, 0.2) is 9.84 Å². The highest BCUT2D eigenvalue weighted by molar-refractivity contribution is 7.91. The van der Waals surface area contributed by atoms with Crippen LogP contribution in [-0.2, 0) is 9.84 Å². The lowest BCUT2D eigenvalue weighted by Crippen LogP contribution is -2.19. The Morgan fingerprint density at radius 2 is 2.20 bits per heavy atom. The first-order valence-corrected chi connectivity index (χ1v) is 4.98. The molecule has 0 aromatic heterocycles. The molecule has 1 rings (SSSR count). The van der Waals surface area contributed by atoms with Crippen LogP contribution < -0.4 is 0 Å². The Bertz CT molecular complexity index is 279. The summed E-state index contributed by atoms with van der Waals surface area (Å²) >= 11 is 5.60. The van der Waals surface area contributed by atoms with E-state index in [9.17, 15) is 8.42 Å². The van der Waals surface area contributed by atoms with Crippen LogP contribution in [0.1, 0.15) is 6.42 Å². The zero-order valence-corrected chi connectivity index (χ0v) is 6.74. The summed E-state index contributed by atoms with van der Waals surface area (Å²) in [4.78, 5) is -1.14. The number of nitrogens with zero attached hydrogens (tertiary/aromatic N) is 1. The van der Waals surface area contributed by atoms with Crippen molar-refractivity contribution >= 4 is 21.4 Å². The van der Waals surface area contributed by atoms with Crippen molar-refractivity contribution < 1.29 is 8.42 Å². The summed E-state index contributed by atoms with van der Waals surface area (Å²) in [5, 5.41) is 8.41. The van der Waals surface area contributed by atoms with E-state index in [0.29, 0.717) is 0 Å². The molecule has 0 aromatic carbocycles. The van der Waals surface area contributed by atoms with E-state index in [1.165, 1.54) is 0 Å². The standard InChI is InChI=1S/C5H6ClNO2S/c6-5(3-7)1-2-10(8,9)4-5/h1-2,4H2. The fourth-order valence-electron chi connectivity index (χ4n) is 0.898. The van der Waals surface area contributed by atoms with E-state index < -0.39 is 14.7 Å². The summed E-state index contributed by atoms with van der Waals surface area (Å²) in [6.07, 6.45) is 0.257. The SMILES string of the molecule is N#CC1(Cl)CCS(=O)(=O)C1. The summed E-state index contributed by atoms with van der Waals surface area (Å²) in [7, 11) is -3.02. The molecule has 10 heavy (non-hydrogen) atoms. The van der Waals surface area contributed by atoms with Crippen molar-refractivity contribution in [2.45, 2.75) is 11.3 Å². The molecular formula is C5H6ClNO2S. The first-order chi connectivity index (χ1) is 4.47. The van der Waals surface area contributed by atoms with Gasteiger partial charge >= 0.3 is 0 Å². The molecule has 1 unspecified atom stereocenters. The van der Waals surface area contributed by atoms with Gasteiger partial charge in [-0.25, -0.2) is 8.42 Å². The van der Waals surface area contributed by atoms with Gasteiger partial charge in [-0.05, 0) is 6.42 Å². The lowest BCUT2D eigenvalue weighted by atomic mass is 10.1. The Morgan fingerprint density at radius 3 is 2.40 bits per heavy atom. The van der Waals surface area contributed by atoms with Crippen LogP contribution >= 0.6 is 11.6 Å². The second-order valence-corrected chi connectivity index (χ2v) is 5.33. The van der Waals surface area contributed by atoms with E-state index in [2.05, 4.69) is 0 Å². The minimum Gasteiger partial charge on any atom is -0.229 e. The Balaban J connectivity index is 2.89. The molecule has 56 valence electrons. The minimum atomic E-state index is -3.02. The fourth-order valence-corrected chi connectivity index (χ4v) is 3.31. The number of rotatable bonds is 0. The van der Waals surface area contributed by atoms with E-state index in [4.69, 9.17) is 16.9 Å². The van der Waals surface area contributed by atoms with Crippen LogP contribution in [0, 0.1) is 11.3 Å². The summed E-state index contributed by atoms with van der Waals surface area (Å²) in [5.41, 5.74) is 0. The topological polar surface area (TPSA) is 57.9 Å². The number of nitriles is 1. The maximum absolute atomic E-state index is 10.8. The van der Waals surface area contributed by atoms with Crippen molar-refractivity contribution in [3.05, 3.63) is 0 Å². The van der Waals surface area contributed by atoms with E-state index in [1.807, 2.05) is 0 Å². The Kier molecular flexibility index (Phi) is 1.65. The molecule has 0 amide bonds. The summed E-state index contributed by atoms with van der Waals surface area (Å²) in [6.45, 7) is 0. The number of sulfone groups is 1. The molecular weight excluding hydrogens is 174 g/mol. The quantitative estimate of drug-likeness (QED) is 0.503. The highest BCUT2D eigenvalue weighted by Crippen LogP contribution is 2.28. The molecule has 1 heterocycles. The van der Waals surface area contributed by atoms with Gasteiger partial charge in [0.05, 0.1) is 17.6 Å². The number of alkyl halides is 1. The summed E-state index contributed by atoms with van der Waals surface area (Å²) in [5.74, 6) is -0.151. The Labute approximate surface area is 64.5 Å². The Hall–Kier alpha value is -0.270. The van der Waals surface area contributed by atoms with Gasteiger partial charge in [-0.1, -0.05) is 0 Å². The molecule has 1 fully saturated rings. The zero-order chi connectivity index (χ0) is 7.83. The maximum atomic E-state index is 10.8. The van der Waals surface area contributed by atoms with Gasteiger partial charge in [-0.2, -0.15) is 5.26 Å². The van der Waals surface area contributed by atoms with E-state index in [0.717, 1.165) is 0 Å². The third-order valence-corrected chi connectivity index (χ3v) is 3.78. The van der Waals surface area contributed by atoms with E-state index >= 15 is 0 Å². The largest absolute Gasteiger partial charge is 0.229 e. The van der Waals surface area contributed by atoms with Crippen LogP contribution in [0.25, 0.3) is 0 Å². The lowest BCUT2D eigenvalue weighted by Gasteiger charge is -2.04. The highest BCUT2D eigenvalue weighted by atomic mass is 35.5. The van der Waals surface area contributed by atoms with E-state index in [-0.39, 0.29) is 17.9 Å². The van der Waals surface area contributed by atoms with Crippen molar-refractivity contribution in [2.24, 2.45) is 0 Å². The fraction of sp³-hybridized carbons (Fsp3) is 0.800. The number of hydrogen-bond acceptors (Lipinski definition) is 3. The summed E-state index contributed by atoms with van der Waals surface area (Å²) < 4.78 is 21.5. The van der Waals surface area contributed by atoms with Gasteiger partial charge < -0.3 is 0 Å². The second-order valence-electron chi connectivity index (χ2n) is 2.42. The van der Waals surface area contributed by atoms with Crippen molar-refractivity contribution in [3.8, 4) is 6.07 Å². The van der Waals surface area contributed by atoms with Gasteiger partial charge in [0.1, 0.15) is 4.87 Å². The third-order valence-electron chi connectivity index (χ3n) is 1.46.